The minimum Gasteiger partial charge on any atom is -0.352 e. The predicted molar refractivity (Wildman–Crippen MR) is 105 cm³/mol. The Bertz CT molecular complexity index is 984. The van der Waals surface area contributed by atoms with Crippen LogP contribution >= 0.6 is 0 Å². The number of sulfone groups is 2. The Morgan fingerprint density at radius 1 is 0.926 bits per heavy atom. The van der Waals surface area contributed by atoms with Crippen LogP contribution in [0.25, 0.3) is 0 Å². The fourth-order valence-corrected chi connectivity index (χ4v) is 5.09. The van der Waals surface area contributed by atoms with Gasteiger partial charge in [-0.05, 0) is 24.1 Å². The highest BCUT2D eigenvalue weighted by atomic mass is 32.2. The number of hydrogen-bond donors (Lipinski definition) is 1. The molecule has 8 heteroatoms. The number of rotatable bonds is 9. The van der Waals surface area contributed by atoms with Crippen molar-refractivity contribution in [2.75, 3.05) is 18.1 Å². The second kappa shape index (κ2) is 9.14. The third kappa shape index (κ3) is 6.18. The van der Waals surface area contributed by atoms with Gasteiger partial charge in [0.1, 0.15) is 0 Å². The molecule has 1 amide bonds. The Hall–Kier alpha value is -2.19. The minimum atomic E-state index is -3.52. The molecule has 0 heterocycles. The first-order valence-electron chi connectivity index (χ1n) is 8.59. The van der Waals surface area contributed by atoms with Gasteiger partial charge in [0.05, 0.1) is 27.7 Å². The van der Waals surface area contributed by atoms with Crippen LogP contribution in [0.4, 0.5) is 0 Å². The van der Waals surface area contributed by atoms with E-state index in [1.54, 1.807) is 36.4 Å². The maximum Gasteiger partial charge on any atom is 0.252 e. The highest BCUT2D eigenvalue weighted by molar-refractivity contribution is 7.91. The van der Waals surface area contributed by atoms with Gasteiger partial charge < -0.3 is 5.32 Å². The summed E-state index contributed by atoms with van der Waals surface area (Å²) >= 11 is 0. The molecule has 0 saturated carbocycles. The predicted octanol–water partition coefficient (Wildman–Crippen LogP) is 2.22. The van der Waals surface area contributed by atoms with Crippen molar-refractivity contribution in [3.8, 4) is 0 Å². The van der Waals surface area contributed by atoms with Gasteiger partial charge in [0.2, 0.25) is 0 Å². The second-order valence-corrected chi connectivity index (χ2v) is 10.5. The van der Waals surface area contributed by atoms with E-state index in [1.165, 1.54) is 19.1 Å². The third-order valence-electron chi connectivity index (χ3n) is 3.99. The van der Waals surface area contributed by atoms with Crippen LogP contribution in [0.1, 0.15) is 29.3 Å². The molecule has 0 atom stereocenters. The summed E-state index contributed by atoms with van der Waals surface area (Å²) in [6.45, 7) is 1.66. The molecule has 6 nitrogen and oxygen atoms in total. The van der Waals surface area contributed by atoms with Crippen molar-refractivity contribution < 1.29 is 21.6 Å². The van der Waals surface area contributed by atoms with Gasteiger partial charge in [-0.25, -0.2) is 16.8 Å². The zero-order valence-corrected chi connectivity index (χ0v) is 16.7. The van der Waals surface area contributed by atoms with Crippen molar-refractivity contribution in [2.45, 2.75) is 24.0 Å². The summed E-state index contributed by atoms with van der Waals surface area (Å²) in [7, 11) is -6.80. The summed E-state index contributed by atoms with van der Waals surface area (Å²) in [6, 6.07) is 14.9. The average Bonchev–Trinajstić information content (AvgIpc) is 2.65. The van der Waals surface area contributed by atoms with Gasteiger partial charge in [-0.3, -0.25) is 4.79 Å². The molecular formula is C19H23NO5S2. The fraction of sp³-hybridized carbons (Fsp3) is 0.316. The SMILES string of the molecule is CCS(=O)(=O)c1ccccc1C(=O)NCCCS(=O)(=O)Cc1ccccc1. The first kappa shape index (κ1) is 21.1. The van der Waals surface area contributed by atoms with E-state index in [2.05, 4.69) is 5.32 Å². The van der Waals surface area contributed by atoms with Crippen molar-refractivity contribution in [3.63, 3.8) is 0 Å². The normalized spacial score (nSPS) is 11.9. The number of amides is 1. The monoisotopic (exact) mass is 409 g/mol. The van der Waals surface area contributed by atoms with Crippen molar-refractivity contribution in [1.82, 2.24) is 5.32 Å². The first-order chi connectivity index (χ1) is 12.7. The zero-order valence-electron chi connectivity index (χ0n) is 15.1. The van der Waals surface area contributed by atoms with Gasteiger partial charge in [0, 0.05) is 6.54 Å². The minimum absolute atomic E-state index is 0.0123. The standard InChI is InChI=1S/C19H23NO5S2/c1-2-27(24,25)18-12-7-6-11-17(18)19(21)20-13-8-14-26(22,23)15-16-9-4-3-5-10-16/h3-7,9-12H,2,8,13-15H2,1H3,(H,20,21). The molecule has 0 unspecified atom stereocenters. The fourth-order valence-electron chi connectivity index (χ4n) is 2.57. The Morgan fingerprint density at radius 2 is 1.56 bits per heavy atom. The zero-order chi connectivity index (χ0) is 19.9. The van der Waals surface area contributed by atoms with E-state index >= 15 is 0 Å². The molecule has 0 spiro atoms. The average molecular weight is 410 g/mol. The van der Waals surface area contributed by atoms with Crippen molar-refractivity contribution in [1.29, 1.82) is 0 Å². The van der Waals surface area contributed by atoms with E-state index in [4.69, 9.17) is 0 Å². The van der Waals surface area contributed by atoms with E-state index in [1.807, 2.05) is 6.07 Å². The summed E-state index contributed by atoms with van der Waals surface area (Å²) in [4.78, 5) is 12.3. The smallest absolute Gasteiger partial charge is 0.252 e. The van der Waals surface area contributed by atoms with Gasteiger partial charge in [-0.1, -0.05) is 49.4 Å². The van der Waals surface area contributed by atoms with Crippen LogP contribution in [-0.2, 0) is 25.4 Å². The quantitative estimate of drug-likeness (QED) is 0.641. The van der Waals surface area contributed by atoms with Crippen LogP contribution < -0.4 is 5.32 Å². The van der Waals surface area contributed by atoms with Crippen LogP contribution in [-0.4, -0.2) is 40.8 Å². The highest BCUT2D eigenvalue weighted by Gasteiger charge is 2.20. The summed E-state index contributed by atoms with van der Waals surface area (Å²) in [5.41, 5.74) is 0.798. The summed E-state index contributed by atoms with van der Waals surface area (Å²) < 4.78 is 48.5. The lowest BCUT2D eigenvalue weighted by atomic mass is 10.2. The molecule has 0 fully saturated rings. The summed E-state index contributed by atoms with van der Waals surface area (Å²) in [5.74, 6) is -0.728. The van der Waals surface area contributed by atoms with Crippen LogP contribution in [0, 0.1) is 0 Å². The van der Waals surface area contributed by atoms with Gasteiger partial charge in [-0.15, -0.1) is 0 Å². The van der Waals surface area contributed by atoms with E-state index in [0.717, 1.165) is 5.56 Å². The number of benzene rings is 2. The number of hydrogen-bond acceptors (Lipinski definition) is 5. The van der Waals surface area contributed by atoms with Crippen LogP contribution in [0.2, 0.25) is 0 Å². The lowest BCUT2D eigenvalue weighted by Gasteiger charge is -2.10. The van der Waals surface area contributed by atoms with Crippen molar-refractivity contribution in [2.24, 2.45) is 0 Å². The largest absolute Gasteiger partial charge is 0.352 e. The molecule has 27 heavy (non-hydrogen) atoms. The topological polar surface area (TPSA) is 97.4 Å². The van der Waals surface area contributed by atoms with Crippen molar-refractivity contribution in [3.05, 3.63) is 65.7 Å². The van der Waals surface area contributed by atoms with Crippen LogP contribution in [0.15, 0.2) is 59.5 Å². The first-order valence-corrected chi connectivity index (χ1v) is 12.1. The Kier molecular flexibility index (Phi) is 7.15. The maximum atomic E-state index is 12.3. The van der Waals surface area contributed by atoms with E-state index in [-0.39, 0.29) is 40.7 Å². The molecule has 2 aromatic carbocycles. The molecule has 0 aromatic heterocycles. The molecule has 0 aliphatic heterocycles. The molecule has 2 rings (SSSR count). The number of nitrogens with one attached hydrogen (secondary N) is 1. The van der Waals surface area contributed by atoms with E-state index in [9.17, 15) is 21.6 Å². The lowest BCUT2D eigenvalue weighted by Crippen LogP contribution is -2.27. The Balaban J connectivity index is 1.92. The molecule has 0 bridgehead atoms. The molecule has 0 radical (unpaired) electrons. The molecule has 1 N–H and O–H groups in total. The van der Waals surface area contributed by atoms with E-state index < -0.39 is 25.6 Å². The highest BCUT2D eigenvalue weighted by Crippen LogP contribution is 2.17. The van der Waals surface area contributed by atoms with E-state index in [0.29, 0.717) is 0 Å². The molecule has 0 aliphatic carbocycles. The number of carbonyl (C=O) groups is 1. The van der Waals surface area contributed by atoms with Gasteiger partial charge in [0.15, 0.2) is 19.7 Å². The Labute approximate surface area is 160 Å². The molecule has 0 aliphatic rings. The summed E-state index contributed by atoms with van der Waals surface area (Å²) in [5, 5.41) is 2.60. The van der Waals surface area contributed by atoms with Gasteiger partial charge >= 0.3 is 0 Å². The van der Waals surface area contributed by atoms with Gasteiger partial charge in [0.25, 0.3) is 5.91 Å². The van der Waals surface area contributed by atoms with Crippen LogP contribution in [0.5, 0.6) is 0 Å². The molecule has 2 aromatic rings. The summed E-state index contributed by atoms with van der Waals surface area (Å²) in [6.07, 6.45) is 0.254. The number of carbonyl (C=O) groups excluding carboxylic acids is 1. The van der Waals surface area contributed by atoms with Gasteiger partial charge in [-0.2, -0.15) is 0 Å². The molecular weight excluding hydrogens is 386 g/mol. The second-order valence-electron chi connectivity index (χ2n) is 6.09. The third-order valence-corrected chi connectivity index (χ3v) is 7.46. The lowest BCUT2D eigenvalue weighted by molar-refractivity contribution is 0.0950. The van der Waals surface area contributed by atoms with Crippen LogP contribution in [0.3, 0.4) is 0 Å². The maximum absolute atomic E-state index is 12.3. The molecule has 0 saturated heterocycles. The Morgan fingerprint density at radius 3 is 2.22 bits per heavy atom. The molecule has 146 valence electrons. The van der Waals surface area contributed by atoms with Crippen molar-refractivity contribution >= 4 is 25.6 Å².